The van der Waals surface area contributed by atoms with Gasteiger partial charge in [-0.15, -0.1) is 0 Å². The first-order valence-electron chi connectivity index (χ1n) is 5.10. The normalized spacial score (nSPS) is 32.1. The molecule has 0 spiro atoms. The first-order valence-corrected chi connectivity index (χ1v) is 5.10. The van der Waals surface area contributed by atoms with E-state index in [4.69, 9.17) is 0 Å². The minimum absolute atomic E-state index is 0.116. The molecule has 15 heavy (non-hydrogen) atoms. The highest BCUT2D eigenvalue weighted by Gasteiger charge is 2.41. The van der Waals surface area contributed by atoms with Crippen molar-refractivity contribution in [2.45, 2.75) is 32.2 Å². The van der Waals surface area contributed by atoms with Crippen LogP contribution in [-0.4, -0.2) is 35.3 Å². The summed E-state index contributed by atoms with van der Waals surface area (Å²) in [7, 11) is 0. The zero-order valence-corrected chi connectivity index (χ0v) is 8.56. The lowest BCUT2D eigenvalue weighted by Gasteiger charge is -2.32. The molecule has 2 aliphatic rings. The molecule has 2 rings (SSSR count). The Bertz CT molecular complexity index is 309. The molecule has 0 aromatic rings. The Balaban J connectivity index is 2.17. The smallest absolute Gasteiger partial charge is 0.417 e. The van der Waals surface area contributed by atoms with Crippen LogP contribution in [0.5, 0.6) is 0 Å². The summed E-state index contributed by atoms with van der Waals surface area (Å²) in [6.07, 6.45) is 0.962. The molecule has 82 valence electrons. The summed E-state index contributed by atoms with van der Waals surface area (Å²) < 4.78 is 4.64. The van der Waals surface area contributed by atoms with E-state index < -0.39 is 6.09 Å². The van der Waals surface area contributed by atoms with Crippen LogP contribution in [0.3, 0.4) is 0 Å². The van der Waals surface area contributed by atoms with Crippen molar-refractivity contribution in [2.75, 3.05) is 6.61 Å². The summed E-state index contributed by atoms with van der Waals surface area (Å²) in [5.41, 5.74) is 0. The third-order valence-electron chi connectivity index (χ3n) is 3.09. The molecule has 2 atom stereocenters. The average Bonchev–Trinajstić information content (AvgIpc) is 2.51. The van der Waals surface area contributed by atoms with Crippen LogP contribution >= 0.6 is 0 Å². The predicted molar refractivity (Wildman–Crippen MR) is 50.0 cm³/mol. The molecule has 5 heteroatoms. The largest absolute Gasteiger partial charge is 0.439 e. The van der Waals surface area contributed by atoms with E-state index >= 15 is 0 Å². The monoisotopic (exact) mass is 211 g/mol. The second-order valence-corrected chi connectivity index (χ2v) is 4.14. The Morgan fingerprint density at radius 1 is 1.33 bits per heavy atom. The van der Waals surface area contributed by atoms with E-state index in [1.54, 1.807) is 0 Å². The molecule has 1 saturated heterocycles. The quantitative estimate of drug-likeness (QED) is 0.641. The Kier molecular flexibility index (Phi) is 2.46. The number of ether oxygens (including phenoxy) is 1. The number of imide groups is 1. The Morgan fingerprint density at radius 3 is 2.67 bits per heavy atom. The van der Waals surface area contributed by atoms with Crippen molar-refractivity contribution in [3.8, 4) is 0 Å². The van der Waals surface area contributed by atoms with E-state index in [0.717, 1.165) is 11.3 Å². The van der Waals surface area contributed by atoms with Crippen LogP contribution in [-0.2, 0) is 14.3 Å². The fraction of sp³-hybridized carbons (Fsp3) is 0.700. The highest BCUT2D eigenvalue weighted by molar-refractivity contribution is 5.98. The lowest BCUT2D eigenvalue weighted by Crippen LogP contribution is -2.46. The SMILES string of the molecule is CC1CCC(=O)CC1N1C(=O)COC1=O. The van der Waals surface area contributed by atoms with Gasteiger partial charge in [0, 0.05) is 12.8 Å². The van der Waals surface area contributed by atoms with Crippen LogP contribution in [0.4, 0.5) is 4.79 Å². The second kappa shape index (κ2) is 3.64. The lowest BCUT2D eigenvalue weighted by molar-refractivity contribution is -0.130. The molecule has 0 N–H and O–H groups in total. The summed E-state index contributed by atoms with van der Waals surface area (Å²) in [4.78, 5) is 35.1. The summed E-state index contributed by atoms with van der Waals surface area (Å²) in [5, 5.41) is 0. The van der Waals surface area contributed by atoms with E-state index in [9.17, 15) is 14.4 Å². The van der Waals surface area contributed by atoms with Gasteiger partial charge >= 0.3 is 6.09 Å². The summed E-state index contributed by atoms with van der Waals surface area (Å²) in [6, 6.07) is -0.297. The minimum atomic E-state index is -0.605. The third kappa shape index (κ3) is 1.73. The van der Waals surface area contributed by atoms with E-state index in [-0.39, 0.29) is 36.7 Å². The molecule has 1 aliphatic carbocycles. The van der Waals surface area contributed by atoms with Crippen LogP contribution in [0.25, 0.3) is 0 Å². The van der Waals surface area contributed by atoms with Gasteiger partial charge in [-0.1, -0.05) is 6.92 Å². The van der Waals surface area contributed by atoms with Gasteiger partial charge in [-0.05, 0) is 12.3 Å². The van der Waals surface area contributed by atoms with Gasteiger partial charge in [-0.2, -0.15) is 0 Å². The first kappa shape index (κ1) is 10.1. The number of Topliss-reactive ketones (excluding diaryl/α,β-unsaturated/α-hetero) is 1. The number of carbonyl (C=O) groups excluding carboxylic acids is 3. The lowest BCUT2D eigenvalue weighted by atomic mass is 9.84. The van der Waals surface area contributed by atoms with Crippen molar-refractivity contribution in [3.63, 3.8) is 0 Å². The number of hydrogen-bond donors (Lipinski definition) is 0. The maximum Gasteiger partial charge on any atom is 0.417 e. The van der Waals surface area contributed by atoms with Gasteiger partial charge in [0.2, 0.25) is 0 Å². The molecule has 5 nitrogen and oxygen atoms in total. The van der Waals surface area contributed by atoms with Crippen LogP contribution in [0.1, 0.15) is 26.2 Å². The summed E-state index contributed by atoms with van der Waals surface area (Å²) in [6.45, 7) is 1.77. The highest BCUT2D eigenvalue weighted by atomic mass is 16.6. The number of carbonyl (C=O) groups is 3. The molecular weight excluding hydrogens is 198 g/mol. The van der Waals surface area contributed by atoms with E-state index in [0.29, 0.717) is 6.42 Å². The Hall–Kier alpha value is -1.39. The number of nitrogens with zero attached hydrogens (tertiary/aromatic N) is 1. The number of hydrogen-bond acceptors (Lipinski definition) is 4. The van der Waals surface area contributed by atoms with Crippen molar-refractivity contribution in [3.05, 3.63) is 0 Å². The molecular formula is C10H13NO4. The van der Waals surface area contributed by atoms with Gasteiger partial charge in [0.15, 0.2) is 6.61 Å². The van der Waals surface area contributed by atoms with Crippen molar-refractivity contribution >= 4 is 17.8 Å². The minimum Gasteiger partial charge on any atom is -0.439 e. The molecule has 1 aliphatic heterocycles. The molecule has 2 amide bonds. The van der Waals surface area contributed by atoms with Crippen molar-refractivity contribution in [2.24, 2.45) is 5.92 Å². The predicted octanol–water partition coefficient (Wildman–Crippen LogP) is 0.723. The number of rotatable bonds is 1. The maximum atomic E-state index is 11.4. The molecule has 0 radical (unpaired) electrons. The van der Waals surface area contributed by atoms with Gasteiger partial charge in [-0.25, -0.2) is 9.69 Å². The van der Waals surface area contributed by atoms with Crippen LogP contribution in [0, 0.1) is 5.92 Å². The van der Waals surface area contributed by atoms with Crippen molar-refractivity contribution in [1.29, 1.82) is 0 Å². The molecule has 2 fully saturated rings. The molecule has 0 aromatic heterocycles. The third-order valence-corrected chi connectivity index (χ3v) is 3.09. The standard InChI is InChI=1S/C10H13NO4/c1-6-2-3-7(12)4-8(6)11-9(13)5-15-10(11)14/h6,8H,2-5H2,1H3. The number of ketones is 1. The highest BCUT2D eigenvalue weighted by Crippen LogP contribution is 2.28. The summed E-state index contributed by atoms with van der Waals surface area (Å²) in [5.74, 6) is -0.0329. The summed E-state index contributed by atoms with van der Waals surface area (Å²) >= 11 is 0. The fourth-order valence-corrected chi connectivity index (χ4v) is 2.15. The zero-order valence-electron chi connectivity index (χ0n) is 8.56. The van der Waals surface area contributed by atoms with Crippen LogP contribution < -0.4 is 0 Å². The van der Waals surface area contributed by atoms with E-state index in [2.05, 4.69) is 4.74 Å². The van der Waals surface area contributed by atoms with Gasteiger partial charge in [0.1, 0.15) is 5.78 Å². The van der Waals surface area contributed by atoms with Crippen molar-refractivity contribution in [1.82, 2.24) is 4.90 Å². The molecule has 0 bridgehead atoms. The van der Waals surface area contributed by atoms with Gasteiger partial charge < -0.3 is 4.74 Å². The van der Waals surface area contributed by atoms with E-state index in [1.807, 2.05) is 6.92 Å². The molecule has 1 saturated carbocycles. The first-order chi connectivity index (χ1) is 7.09. The van der Waals surface area contributed by atoms with Crippen LogP contribution in [0.15, 0.2) is 0 Å². The molecule has 0 aromatic carbocycles. The van der Waals surface area contributed by atoms with Gasteiger partial charge in [0.05, 0.1) is 6.04 Å². The van der Waals surface area contributed by atoms with Crippen molar-refractivity contribution < 1.29 is 19.1 Å². The van der Waals surface area contributed by atoms with Gasteiger partial charge in [0.25, 0.3) is 5.91 Å². The number of cyclic esters (lactones) is 1. The fourth-order valence-electron chi connectivity index (χ4n) is 2.15. The molecule has 1 heterocycles. The maximum absolute atomic E-state index is 11.4. The number of amides is 2. The van der Waals surface area contributed by atoms with E-state index in [1.165, 1.54) is 0 Å². The second-order valence-electron chi connectivity index (χ2n) is 4.14. The topological polar surface area (TPSA) is 63.7 Å². The Labute approximate surface area is 87.4 Å². The zero-order chi connectivity index (χ0) is 11.0. The Morgan fingerprint density at radius 2 is 2.07 bits per heavy atom. The molecule has 2 unspecified atom stereocenters. The average molecular weight is 211 g/mol. The van der Waals surface area contributed by atoms with Crippen LogP contribution in [0.2, 0.25) is 0 Å². The van der Waals surface area contributed by atoms with Gasteiger partial charge in [-0.3, -0.25) is 9.59 Å².